The van der Waals surface area contributed by atoms with Gasteiger partial charge in [-0.15, -0.1) is 0 Å². The first kappa shape index (κ1) is 18.9. The van der Waals surface area contributed by atoms with Crippen LogP contribution in [-0.2, 0) is 6.42 Å². The number of benzene rings is 2. The summed E-state index contributed by atoms with van der Waals surface area (Å²) >= 11 is 0. The maximum Gasteiger partial charge on any atom is 0.227 e. The van der Waals surface area contributed by atoms with Crippen molar-refractivity contribution in [2.75, 3.05) is 23.3 Å². The molecule has 0 amide bonds. The summed E-state index contributed by atoms with van der Waals surface area (Å²) < 4.78 is 0. The molecule has 1 aliphatic rings. The number of aryl methyl sites for hydroxylation is 1. The summed E-state index contributed by atoms with van der Waals surface area (Å²) in [5, 5.41) is 12.4. The quantitative estimate of drug-likeness (QED) is 0.682. The van der Waals surface area contributed by atoms with Gasteiger partial charge in [-0.1, -0.05) is 36.4 Å². The summed E-state index contributed by atoms with van der Waals surface area (Å²) in [6.07, 6.45) is 3.45. The molecule has 4 rings (SSSR count). The Morgan fingerprint density at radius 3 is 2.59 bits per heavy atom. The molecule has 0 unspecified atom stereocenters. The van der Waals surface area contributed by atoms with Crippen molar-refractivity contribution in [2.45, 2.75) is 26.2 Å². The van der Waals surface area contributed by atoms with Crippen LogP contribution in [0.5, 0.6) is 0 Å². The van der Waals surface area contributed by atoms with E-state index in [-0.39, 0.29) is 0 Å². The van der Waals surface area contributed by atoms with Crippen molar-refractivity contribution in [3.63, 3.8) is 0 Å². The van der Waals surface area contributed by atoms with Crippen molar-refractivity contribution in [3.8, 4) is 6.07 Å². The summed E-state index contributed by atoms with van der Waals surface area (Å²) in [5.41, 5.74) is 3.83. The maximum absolute atomic E-state index is 9.09. The molecule has 5 nitrogen and oxygen atoms in total. The highest BCUT2D eigenvalue weighted by molar-refractivity contribution is 5.59. The van der Waals surface area contributed by atoms with Gasteiger partial charge in [0.25, 0.3) is 0 Å². The summed E-state index contributed by atoms with van der Waals surface area (Å²) in [7, 11) is 0. The number of piperidine rings is 1. The number of aromatic nitrogens is 2. The monoisotopic (exact) mass is 383 g/mol. The highest BCUT2D eigenvalue weighted by Gasteiger charge is 2.21. The summed E-state index contributed by atoms with van der Waals surface area (Å²) in [6, 6.07) is 22.3. The zero-order valence-corrected chi connectivity index (χ0v) is 16.7. The van der Waals surface area contributed by atoms with Gasteiger partial charge in [-0.05, 0) is 55.9 Å². The SMILES string of the molecule is Cc1cc(Nc2cccc(C#N)c2)nc(N2CCC(Cc3ccccc3)CC2)n1. The lowest BCUT2D eigenvalue weighted by atomic mass is 9.90. The molecule has 1 fully saturated rings. The highest BCUT2D eigenvalue weighted by Crippen LogP contribution is 2.25. The van der Waals surface area contributed by atoms with Gasteiger partial charge in [0.15, 0.2) is 0 Å². The zero-order chi connectivity index (χ0) is 20.1. The first-order valence-electron chi connectivity index (χ1n) is 10.1. The maximum atomic E-state index is 9.09. The van der Waals surface area contributed by atoms with Crippen LogP contribution < -0.4 is 10.2 Å². The van der Waals surface area contributed by atoms with E-state index in [1.54, 1.807) is 6.07 Å². The Labute approximate surface area is 172 Å². The normalized spacial score (nSPS) is 14.4. The second-order valence-electron chi connectivity index (χ2n) is 7.63. The number of nitrogens with zero attached hydrogens (tertiary/aromatic N) is 4. The Hall–Kier alpha value is -3.39. The van der Waals surface area contributed by atoms with Gasteiger partial charge in [-0.2, -0.15) is 10.2 Å². The third-order valence-corrected chi connectivity index (χ3v) is 5.37. The molecule has 0 aliphatic carbocycles. The summed E-state index contributed by atoms with van der Waals surface area (Å²) in [5.74, 6) is 2.25. The number of rotatable bonds is 5. The van der Waals surface area contributed by atoms with Crippen LogP contribution in [0.2, 0.25) is 0 Å². The van der Waals surface area contributed by atoms with E-state index in [1.807, 2.05) is 31.2 Å². The molecule has 2 aromatic carbocycles. The standard InChI is InChI=1S/C24H25N5/c1-18-14-23(27-22-9-5-8-21(16-22)17-25)28-24(26-18)29-12-10-20(11-13-29)15-19-6-3-2-4-7-19/h2-9,14,16,20H,10-13,15H2,1H3,(H,26,27,28). The topological polar surface area (TPSA) is 64.8 Å². The molecule has 1 N–H and O–H groups in total. The van der Waals surface area contributed by atoms with Crippen LogP contribution in [0.1, 0.15) is 29.7 Å². The largest absolute Gasteiger partial charge is 0.341 e. The fourth-order valence-electron chi connectivity index (χ4n) is 3.86. The lowest BCUT2D eigenvalue weighted by Gasteiger charge is -2.32. The summed E-state index contributed by atoms with van der Waals surface area (Å²) in [4.78, 5) is 11.7. The number of hydrogen-bond acceptors (Lipinski definition) is 5. The number of nitrogens with one attached hydrogen (secondary N) is 1. The van der Waals surface area contributed by atoms with Crippen LogP contribution in [0, 0.1) is 24.2 Å². The van der Waals surface area contributed by atoms with E-state index in [1.165, 1.54) is 5.56 Å². The second kappa shape index (κ2) is 8.74. The molecule has 0 spiro atoms. The lowest BCUT2D eigenvalue weighted by molar-refractivity contribution is 0.400. The van der Waals surface area contributed by atoms with E-state index in [4.69, 9.17) is 10.2 Å². The van der Waals surface area contributed by atoms with Crippen molar-refractivity contribution >= 4 is 17.5 Å². The van der Waals surface area contributed by atoms with Crippen molar-refractivity contribution in [1.82, 2.24) is 9.97 Å². The second-order valence-corrected chi connectivity index (χ2v) is 7.63. The average molecular weight is 383 g/mol. The van der Waals surface area contributed by atoms with Crippen molar-refractivity contribution < 1.29 is 0 Å². The Morgan fingerprint density at radius 2 is 1.83 bits per heavy atom. The molecule has 5 heteroatoms. The third-order valence-electron chi connectivity index (χ3n) is 5.37. The smallest absolute Gasteiger partial charge is 0.227 e. The van der Waals surface area contributed by atoms with Gasteiger partial charge in [-0.25, -0.2) is 4.98 Å². The molecule has 1 aliphatic heterocycles. The minimum atomic E-state index is 0.626. The molecule has 3 aromatic rings. The van der Waals surface area contributed by atoms with Crippen molar-refractivity contribution in [1.29, 1.82) is 5.26 Å². The van der Waals surface area contributed by atoms with Gasteiger partial charge in [0.05, 0.1) is 11.6 Å². The molecule has 0 atom stereocenters. The van der Waals surface area contributed by atoms with Crippen LogP contribution in [0.15, 0.2) is 60.7 Å². The van der Waals surface area contributed by atoms with Gasteiger partial charge < -0.3 is 10.2 Å². The minimum absolute atomic E-state index is 0.626. The number of hydrogen-bond donors (Lipinski definition) is 1. The molecule has 0 saturated carbocycles. The van der Waals surface area contributed by atoms with Crippen LogP contribution >= 0.6 is 0 Å². The van der Waals surface area contributed by atoms with Gasteiger partial charge in [-0.3, -0.25) is 0 Å². The van der Waals surface area contributed by atoms with Crippen molar-refractivity contribution in [2.24, 2.45) is 5.92 Å². The van der Waals surface area contributed by atoms with Crippen LogP contribution in [0.25, 0.3) is 0 Å². The van der Waals surface area contributed by atoms with Crippen LogP contribution in [-0.4, -0.2) is 23.1 Å². The Balaban J connectivity index is 1.42. The molecule has 29 heavy (non-hydrogen) atoms. The predicted octanol–water partition coefficient (Wildman–Crippen LogP) is 4.86. The van der Waals surface area contributed by atoms with Gasteiger partial charge in [0.1, 0.15) is 5.82 Å². The van der Waals surface area contributed by atoms with Crippen LogP contribution in [0.4, 0.5) is 17.5 Å². The predicted molar refractivity (Wildman–Crippen MR) is 116 cm³/mol. The molecule has 0 bridgehead atoms. The van der Waals surface area contributed by atoms with Gasteiger partial charge in [0.2, 0.25) is 5.95 Å². The molecule has 1 aromatic heterocycles. The third kappa shape index (κ3) is 4.91. The average Bonchev–Trinajstić information content (AvgIpc) is 2.75. The molecule has 146 valence electrons. The first-order chi connectivity index (χ1) is 14.2. The van der Waals surface area contributed by atoms with Crippen LogP contribution in [0.3, 0.4) is 0 Å². The highest BCUT2D eigenvalue weighted by atomic mass is 15.3. The van der Waals surface area contributed by atoms with E-state index in [9.17, 15) is 0 Å². The molecular weight excluding hydrogens is 358 g/mol. The minimum Gasteiger partial charge on any atom is -0.341 e. The molecular formula is C24H25N5. The Morgan fingerprint density at radius 1 is 1.03 bits per heavy atom. The first-order valence-corrected chi connectivity index (χ1v) is 10.1. The molecule has 1 saturated heterocycles. The van der Waals surface area contributed by atoms with E-state index in [0.29, 0.717) is 11.5 Å². The fourth-order valence-corrected chi connectivity index (χ4v) is 3.86. The van der Waals surface area contributed by atoms with Gasteiger partial charge >= 0.3 is 0 Å². The Bertz CT molecular complexity index is 1000. The van der Waals surface area contributed by atoms with E-state index in [2.05, 4.69) is 51.6 Å². The van der Waals surface area contributed by atoms with E-state index in [0.717, 1.165) is 55.5 Å². The summed E-state index contributed by atoms with van der Waals surface area (Å²) in [6.45, 7) is 3.94. The number of anilines is 3. The Kier molecular flexibility index (Phi) is 5.71. The van der Waals surface area contributed by atoms with E-state index >= 15 is 0 Å². The number of nitriles is 1. The molecule has 2 heterocycles. The van der Waals surface area contributed by atoms with Crippen molar-refractivity contribution in [3.05, 3.63) is 77.5 Å². The van der Waals surface area contributed by atoms with E-state index < -0.39 is 0 Å². The lowest BCUT2D eigenvalue weighted by Crippen LogP contribution is -2.35. The zero-order valence-electron chi connectivity index (χ0n) is 16.7. The molecule has 0 radical (unpaired) electrons. The van der Waals surface area contributed by atoms with Gasteiger partial charge in [0, 0.05) is 30.5 Å². The fraction of sp³-hybridized carbons (Fsp3) is 0.292.